The fourth-order valence-corrected chi connectivity index (χ4v) is 6.00. The molecule has 27 heavy (non-hydrogen) atoms. The average molecular weight is 387 g/mol. The van der Waals surface area contributed by atoms with Crippen molar-refractivity contribution in [3.8, 4) is 0 Å². The van der Waals surface area contributed by atoms with E-state index in [1.807, 2.05) is 18.4 Å². The third kappa shape index (κ3) is 4.04. The molecule has 0 spiro atoms. The Hall–Kier alpha value is -1.46. The van der Waals surface area contributed by atoms with E-state index in [9.17, 15) is 4.79 Å². The topological polar surface area (TPSA) is 37.6 Å². The van der Waals surface area contributed by atoms with Crippen molar-refractivity contribution in [2.24, 2.45) is 0 Å². The minimum atomic E-state index is 0.0771. The number of thiazole rings is 1. The zero-order valence-corrected chi connectivity index (χ0v) is 17.4. The summed E-state index contributed by atoms with van der Waals surface area (Å²) in [6.45, 7) is 4.28. The van der Waals surface area contributed by atoms with Crippen LogP contribution in [0.4, 0.5) is 0 Å². The first-order valence-corrected chi connectivity index (χ1v) is 11.4. The van der Waals surface area contributed by atoms with Crippen molar-refractivity contribution < 1.29 is 9.69 Å². The molecule has 4 rings (SSSR count). The summed E-state index contributed by atoms with van der Waals surface area (Å²) in [5.74, 6) is 0.903. The Kier molecular flexibility index (Phi) is 5.79. The lowest BCUT2D eigenvalue weighted by Gasteiger charge is -2.36. The minimum Gasteiger partial charge on any atom is -0.338 e. The third-order valence-electron chi connectivity index (χ3n) is 6.74. The van der Waals surface area contributed by atoms with E-state index in [1.165, 1.54) is 46.7 Å². The van der Waals surface area contributed by atoms with Crippen LogP contribution in [-0.2, 0) is 4.79 Å². The molecule has 4 nitrogen and oxygen atoms in total. The second kappa shape index (κ2) is 8.27. The molecule has 1 amide bonds. The predicted octanol–water partition coefficient (Wildman–Crippen LogP) is 3.24. The maximum absolute atomic E-state index is 13.0. The highest BCUT2D eigenvalue weighted by atomic mass is 32.1. The van der Waals surface area contributed by atoms with Crippen LogP contribution in [0.1, 0.15) is 62.8 Å². The van der Waals surface area contributed by atoms with E-state index in [2.05, 4.69) is 36.1 Å². The summed E-state index contributed by atoms with van der Waals surface area (Å²) in [5, 5.41) is 1.29. The van der Waals surface area contributed by atoms with Crippen molar-refractivity contribution in [2.45, 2.75) is 69.9 Å². The standard InChI is InChI=1S/C22H31N3OS/c1-16(22(26)24(2)18-8-4-3-5-9-18)25-14-12-17(13-15-25)21-23-19-10-6-7-11-20(19)27-21/h6-7,10-11,16-18H,3-5,8-9,12-15H2,1-2H3/p+1/t16-/m1/s1. The van der Waals surface area contributed by atoms with Crippen LogP contribution in [0.15, 0.2) is 24.3 Å². The van der Waals surface area contributed by atoms with Gasteiger partial charge in [-0.15, -0.1) is 11.3 Å². The van der Waals surface area contributed by atoms with Crippen molar-refractivity contribution in [3.05, 3.63) is 29.3 Å². The smallest absolute Gasteiger partial charge is 0.280 e. The molecule has 2 fully saturated rings. The van der Waals surface area contributed by atoms with Crippen LogP contribution in [0, 0.1) is 0 Å². The molecule has 0 radical (unpaired) electrons. The van der Waals surface area contributed by atoms with Gasteiger partial charge in [-0.05, 0) is 31.9 Å². The predicted molar refractivity (Wildman–Crippen MR) is 111 cm³/mol. The molecule has 0 unspecified atom stereocenters. The molecule has 5 heteroatoms. The Morgan fingerprint density at radius 3 is 2.56 bits per heavy atom. The quantitative estimate of drug-likeness (QED) is 0.876. The van der Waals surface area contributed by atoms with E-state index in [0.717, 1.165) is 31.4 Å². The zero-order chi connectivity index (χ0) is 18.8. The van der Waals surface area contributed by atoms with Crippen molar-refractivity contribution in [2.75, 3.05) is 20.1 Å². The van der Waals surface area contributed by atoms with Gasteiger partial charge in [0.2, 0.25) is 0 Å². The summed E-state index contributed by atoms with van der Waals surface area (Å²) in [6.07, 6.45) is 8.53. The monoisotopic (exact) mass is 386 g/mol. The Balaban J connectivity index is 1.34. The van der Waals surface area contributed by atoms with Crippen molar-refractivity contribution in [3.63, 3.8) is 0 Å². The highest BCUT2D eigenvalue weighted by Crippen LogP contribution is 2.31. The number of nitrogens with one attached hydrogen (secondary N) is 1. The molecule has 1 aromatic carbocycles. The lowest BCUT2D eigenvalue weighted by Crippen LogP contribution is -3.17. The number of rotatable bonds is 4. The highest BCUT2D eigenvalue weighted by molar-refractivity contribution is 7.18. The first-order chi connectivity index (χ1) is 13.1. The molecule has 1 N–H and O–H groups in total. The Morgan fingerprint density at radius 1 is 1.15 bits per heavy atom. The fraction of sp³-hybridized carbons (Fsp3) is 0.636. The number of benzene rings is 1. The Morgan fingerprint density at radius 2 is 1.85 bits per heavy atom. The van der Waals surface area contributed by atoms with Gasteiger partial charge in [-0.25, -0.2) is 4.98 Å². The van der Waals surface area contributed by atoms with Crippen LogP contribution < -0.4 is 4.90 Å². The van der Waals surface area contributed by atoms with Gasteiger partial charge in [0.15, 0.2) is 6.04 Å². The largest absolute Gasteiger partial charge is 0.338 e. The maximum Gasteiger partial charge on any atom is 0.280 e. The number of para-hydroxylation sites is 1. The SMILES string of the molecule is C[C@H](C(=O)N(C)C1CCCCC1)[NH+]1CCC(c2nc3ccccc3s2)CC1. The molecule has 1 aliphatic heterocycles. The molecule has 1 saturated heterocycles. The minimum absolute atomic E-state index is 0.0771. The van der Waals surface area contributed by atoms with Gasteiger partial charge >= 0.3 is 0 Å². The fourth-order valence-electron chi connectivity index (χ4n) is 4.86. The molecular weight excluding hydrogens is 354 g/mol. The molecule has 2 aromatic rings. The molecule has 146 valence electrons. The number of nitrogens with zero attached hydrogens (tertiary/aromatic N) is 2. The van der Waals surface area contributed by atoms with Gasteiger partial charge < -0.3 is 9.80 Å². The van der Waals surface area contributed by atoms with Gasteiger partial charge in [-0.2, -0.15) is 0 Å². The van der Waals surface area contributed by atoms with Crippen LogP contribution in [0.25, 0.3) is 10.2 Å². The van der Waals surface area contributed by atoms with Gasteiger partial charge in [0, 0.05) is 31.8 Å². The van der Waals surface area contributed by atoms with Gasteiger partial charge in [-0.1, -0.05) is 31.4 Å². The van der Waals surface area contributed by atoms with E-state index >= 15 is 0 Å². The van der Waals surface area contributed by atoms with E-state index in [4.69, 9.17) is 4.98 Å². The third-order valence-corrected chi connectivity index (χ3v) is 7.94. The first kappa shape index (κ1) is 18.9. The molecule has 1 aromatic heterocycles. The number of carbonyl (C=O) groups excluding carboxylic acids is 1. The number of likely N-dealkylation sites (N-methyl/N-ethyl adjacent to an activating group) is 1. The number of fused-ring (bicyclic) bond motifs is 1. The van der Waals surface area contributed by atoms with Crippen molar-refractivity contribution in [1.82, 2.24) is 9.88 Å². The second-order valence-corrected chi connectivity index (χ2v) is 9.48. The highest BCUT2D eigenvalue weighted by Gasteiger charge is 2.35. The summed E-state index contributed by atoms with van der Waals surface area (Å²) < 4.78 is 1.29. The zero-order valence-electron chi connectivity index (χ0n) is 16.6. The number of carbonyl (C=O) groups is 1. The maximum atomic E-state index is 13.0. The second-order valence-electron chi connectivity index (χ2n) is 8.42. The van der Waals surface area contributed by atoms with Crippen LogP contribution >= 0.6 is 11.3 Å². The first-order valence-electron chi connectivity index (χ1n) is 10.6. The van der Waals surface area contributed by atoms with Crippen LogP contribution in [0.2, 0.25) is 0 Å². The number of hydrogen-bond acceptors (Lipinski definition) is 3. The van der Waals surface area contributed by atoms with Gasteiger partial charge in [0.1, 0.15) is 0 Å². The number of likely N-dealkylation sites (tertiary alicyclic amines) is 1. The summed E-state index contributed by atoms with van der Waals surface area (Å²) in [5.41, 5.74) is 1.13. The molecule has 2 aliphatic rings. The lowest BCUT2D eigenvalue weighted by atomic mass is 9.93. The molecule has 1 atom stereocenters. The normalized spacial score (nSPS) is 25.4. The van der Waals surface area contributed by atoms with Crippen molar-refractivity contribution >= 4 is 27.5 Å². The summed E-state index contributed by atoms with van der Waals surface area (Å²) in [4.78, 5) is 21.4. The molecular formula is C22H32N3OS+. The average Bonchev–Trinajstić information content (AvgIpc) is 3.17. The Labute approximate surface area is 166 Å². The number of piperidine rings is 1. The number of hydrogen-bond donors (Lipinski definition) is 1. The summed E-state index contributed by atoms with van der Waals surface area (Å²) in [7, 11) is 2.03. The number of amides is 1. The van der Waals surface area contributed by atoms with E-state index in [0.29, 0.717) is 17.9 Å². The van der Waals surface area contributed by atoms with Gasteiger partial charge in [0.05, 0.1) is 28.3 Å². The van der Waals surface area contributed by atoms with Crippen LogP contribution in [0.5, 0.6) is 0 Å². The molecule has 1 aliphatic carbocycles. The summed E-state index contributed by atoms with van der Waals surface area (Å²) in [6, 6.07) is 8.97. The molecule has 1 saturated carbocycles. The number of aromatic nitrogens is 1. The van der Waals surface area contributed by atoms with E-state index in [1.54, 1.807) is 0 Å². The van der Waals surface area contributed by atoms with Crippen molar-refractivity contribution in [1.29, 1.82) is 0 Å². The van der Waals surface area contributed by atoms with Crippen LogP contribution in [0.3, 0.4) is 0 Å². The number of quaternary nitrogens is 1. The van der Waals surface area contributed by atoms with Crippen LogP contribution in [-0.4, -0.2) is 48.0 Å². The molecule has 2 heterocycles. The van der Waals surface area contributed by atoms with Gasteiger partial charge in [0.25, 0.3) is 5.91 Å². The molecule has 0 bridgehead atoms. The van der Waals surface area contributed by atoms with E-state index < -0.39 is 0 Å². The Bertz CT molecular complexity index is 742. The lowest BCUT2D eigenvalue weighted by molar-refractivity contribution is -0.919. The summed E-state index contributed by atoms with van der Waals surface area (Å²) >= 11 is 1.85. The van der Waals surface area contributed by atoms with E-state index in [-0.39, 0.29) is 6.04 Å². The van der Waals surface area contributed by atoms with Gasteiger partial charge in [-0.3, -0.25) is 4.79 Å².